The predicted octanol–water partition coefficient (Wildman–Crippen LogP) is 2.10. The van der Waals surface area contributed by atoms with Crippen molar-refractivity contribution in [3.05, 3.63) is 16.0 Å². The number of hydrogen-bond donors (Lipinski definition) is 1. The van der Waals surface area contributed by atoms with Crippen molar-refractivity contribution in [1.29, 1.82) is 0 Å². The van der Waals surface area contributed by atoms with E-state index in [1.807, 2.05) is 6.20 Å². The second kappa shape index (κ2) is 3.57. The van der Waals surface area contributed by atoms with Gasteiger partial charge in [-0.05, 0) is 48.3 Å². The third-order valence-electron chi connectivity index (χ3n) is 2.63. The zero-order valence-electron chi connectivity index (χ0n) is 7.41. The zero-order valence-corrected chi connectivity index (χ0v) is 9.57. The second-order valence-corrected chi connectivity index (χ2v) is 4.89. The molecule has 72 valence electrons. The van der Waals surface area contributed by atoms with Gasteiger partial charge in [-0.15, -0.1) is 0 Å². The van der Waals surface area contributed by atoms with Crippen LogP contribution < -0.4 is 0 Å². The summed E-state index contributed by atoms with van der Waals surface area (Å²) in [6.45, 7) is 0. The maximum absolute atomic E-state index is 10.3. The molecule has 0 amide bonds. The van der Waals surface area contributed by atoms with Gasteiger partial charge in [-0.2, -0.15) is 5.10 Å². The van der Waals surface area contributed by atoms with E-state index in [9.17, 15) is 5.11 Å². The summed E-state index contributed by atoms with van der Waals surface area (Å²) in [6, 6.07) is 0. The molecule has 1 aliphatic carbocycles. The normalized spacial score (nSPS) is 21.7. The van der Waals surface area contributed by atoms with Gasteiger partial charge in [0, 0.05) is 6.20 Å². The van der Waals surface area contributed by atoms with Crippen LogP contribution in [0.5, 0.6) is 0 Å². The topological polar surface area (TPSA) is 38.0 Å². The Kier molecular flexibility index (Phi) is 2.60. The molecule has 1 saturated carbocycles. The largest absolute Gasteiger partial charge is 0.369 e. The van der Waals surface area contributed by atoms with Crippen LogP contribution >= 0.6 is 22.6 Å². The molecule has 3 nitrogen and oxygen atoms in total. The van der Waals surface area contributed by atoms with E-state index in [4.69, 9.17) is 0 Å². The molecule has 0 unspecified atom stereocenters. The fourth-order valence-electron chi connectivity index (χ4n) is 1.88. The van der Waals surface area contributed by atoms with Gasteiger partial charge in [0.05, 0.1) is 9.77 Å². The summed E-state index contributed by atoms with van der Waals surface area (Å²) < 4.78 is 2.80. The standard InChI is InChI=1S/C9H13IN2O/c10-8-6-11-12(7-8)9(13)4-2-1-3-5-9/h6-7,13H,1-5H2. The highest BCUT2D eigenvalue weighted by Crippen LogP contribution is 2.31. The number of aromatic nitrogens is 2. The Morgan fingerprint density at radius 2 is 2.08 bits per heavy atom. The second-order valence-electron chi connectivity index (χ2n) is 3.65. The molecule has 1 aliphatic rings. The SMILES string of the molecule is OC1(n2cc(I)cn2)CCCCC1. The van der Waals surface area contributed by atoms with Crippen LogP contribution in [0.2, 0.25) is 0 Å². The summed E-state index contributed by atoms with van der Waals surface area (Å²) in [6.07, 6.45) is 8.81. The molecule has 4 heteroatoms. The maximum Gasteiger partial charge on any atom is 0.157 e. The first-order chi connectivity index (χ1) is 6.21. The first kappa shape index (κ1) is 9.45. The van der Waals surface area contributed by atoms with Crippen molar-refractivity contribution in [3.8, 4) is 0 Å². The summed E-state index contributed by atoms with van der Waals surface area (Å²) in [5.41, 5.74) is -0.707. The molecule has 0 saturated heterocycles. The Morgan fingerprint density at radius 3 is 2.62 bits per heavy atom. The Labute approximate surface area is 91.3 Å². The van der Waals surface area contributed by atoms with Crippen molar-refractivity contribution in [2.75, 3.05) is 0 Å². The van der Waals surface area contributed by atoms with Crippen molar-refractivity contribution in [3.63, 3.8) is 0 Å². The number of hydrogen-bond acceptors (Lipinski definition) is 2. The zero-order chi connectivity index (χ0) is 9.31. The molecule has 2 rings (SSSR count). The predicted molar refractivity (Wildman–Crippen MR) is 58.2 cm³/mol. The lowest BCUT2D eigenvalue weighted by molar-refractivity contribution is -0.0795. The van der Waals surface area contributed by atoms with Gasteiger partial charge in [0.2, 0.25) is 0 Å². The van der Waals surface area contributed by atoms with E-state index in [2.05, 4.69) is 27.7 Å². The molecular formula is C9H13IN2O. The Hall–Kier alpha value is -0.100. The van der Waals surface area contributed by atoms with E-state index < -0.39 is 5.72 Å². The van der Waals surface area contributed by atoms with E-state index in [-0.39, 0.29) is 0 Å². The van der Waals surface area contributed by atoms with Crippen molar-refractivity contribution in [2.24, 2.45) is 0 Å². The van der Waals surface area contributed by atoms with Crippen molar-refractivity contribution in [2.45, 2.75) is 37.8 Å². The fourth-order valence-corrected chi connectivity index (χ4v) is 2.26. The van der Waals surface area contributed by atoms with Gasteiger partial charge in [-0.1, -0.05) is 6.42 Å². The van der Waals surface area contributed by atoms with Crippen LogP contribution in [0.1, 0.15) is 32.1 Å². The summed E-state index contributed by atoms with van der Waals surface area (Å²) in [7, 11) is 0. The van der Waals surface area contributed by atoms with Gasteiger partial charge in [-0.25, -0.2) is 4.68 Å². The maximum atomic E-state index is 10.3. The molecule has 1 fully saturated rings. The van der Waals surface area contributed by atoms with E-state index in [1.54, 1.807) is 10.9 Å². The summed E-state index contributed by atoms with van der Waals surface area (Å²) in [5, 5.41) is 14.4. The minimum atomic E-state index is -0.707. The Bertz CT molecular complexity index is 292. The van der Waals surface area contributed by atoms with Gasteiger partial charge < -0.3 is 5.11 Å². The summed E-state index contributed by atoms with van der Waals surface area (Å²) in [5.74, 6) is 0. The van der Waals surface area contributed by atoms with Gasteiger partial charge in [0.1, 0.15) is 0 Å². The molecule has 1 N–H and O–H groups in total. The smallest absolute Gasteiger partial charge is 0.157 e. The molecule has 0 radical (unpaired) electrons. The monoisotopic (exact) mass is 292 g/mol. The van der Waals surface area contributed by atoms with Crippen molar-refractivity contribution >= 4 is 22.6 Å². The first-order valence-corrected chi connectivity index (χ1v) is 5.72. The quantitative estimate of drug-likeness (QED) is 0.805. The summed E-state index contributed by atoms with van der Waals surface area (Å²) in [4.78, 5) is 0. The third-order valence-corrected chi connectivity index (χ3v) is 3.19. The van der Waals surface area contributed by atoms with Gasteiger partial charge in [0.15, 0.2) is 5.72 Å². The lowest BCUT2D eigenvalue weighted by atomic mass is 9.92. The average Bonchev–Trinajstić information content (AvgIpc) is 2.54. The van der Waals surface area contributed by atoms with Crippen molar-refractivity contribution < 1.29 is 5.11 Å². The molecule has 0 atom stereocenters. The third kappa shape index (κ3) is 1.88. The minimum Gasteiger partial charge on any atom is -0.369 e. The lowest BCUT2D eigenvalue weighted by Gasteiger charge is -2.32. The number of aliphatic hydroxyl groups is 1. The highest BCUT2D eigenvalue weighted by molar-refractivity contribution is 14.1. The van der Waals surface area contributed by atoms with E-state index in [1.165, 1.54) is 6.42 Å². The number of halogens is 1. The molecule has 13 heavy (non-hydrogen) atoms. The van der Waals surface area contributed by atoms with Crippen molar-refractivity contribution in [1.82, 2.24) is 9.78 Å². The average molecular weight is 292 g/mol. The summed E-state index contributed by atoms with van der Waals surface area (Å²) >= 11 is 2.21. The van der Waals surface area contributed by atoms with Crippen LogP contribution in [0.15, 0.2) is 12.4 Å². The molecule has 1 aromatic rings. The Balaban J connectivity index is 2.22. The van der Waals surface area contributed by atoms with Crippen LogP contribution in [-0.4, -0.2) is 14.9 Å². The highest BCUT2D eigenvalue weighted by Gasteiger charge is 2.31. The van der Waals surface area contributed by atoms with E-state index >= 15 is 0 Å². The molecule has 0 bridgehead atoms. The van der Waals surface area contributed by atoms with Crippen LogP contribution in [0, 0.1) is 3.57 Å². The fraction of sp³-hybridized carbons (Fsp3) is 0.667. The van der Waals surface area contributed by atoms with Crippen LogP contribution in [0.4, 0.5) is 0 Å². The van der Waals surface area contributed by atoms with Gasteiger partial charge in [-0.3, -0.25) is 0 Å². The molecule has 0 aliphatic heterocycles. The highest BCUT2D eigenvalue weighted by atomic mass is 127. The number of rotatable bonds is 1. The van der Waals surface area contributed by atoms with Gasteiger partial charge >= 0.3 is 0 Å². The molecule has 0 spiro atoms. The molecule has 0 aromatic carbocycles. The number of nitrogens with zero attached hydrogens (tertiary/aromatic N) is 2. The van der Waals surface area contributed by atoms with Gasteiger partial charge in [0.25, 0.3) is 0 Å². The van der Waals surface area contributed by atoms with E-state index in [0.29, 0.717) is 0 Å². The molecule has 1 heterocycles. The minimum absolute atomic E-state index is 0.707. The van der Waals surface area contributed by atoms with Crippen LogP contribution in [0.25, 0.3) is 0 Å². The molecule has 1 aromatic heterocycles. The first-order valence-electron chi connectivity index (χ1n) is 4.64. The molecular weight excluding hydrogens is 279 g/mol. The van der Waals surface area contributed by atoms with Crippen LogP contribution in [0.3, 0.4) is 0 Å². The van der Waals surface area contributed by atoms with Crippen LogP contribution in [-0.2, 0) is 5.72 Å². The Morgan fingerprint density at radius 1 is 1.38 bits per heavy atom. The lowest BCUT2D eigenvalue weighted by Crippen LogP contribution is -2.35. The van der Waals surface area contributed by atoms with E-state index in [0.717, 1.165) is 29.3 Å².